The van der Waals surface area contributed by atoms with Crippen LogP contribution in [0.15, 0.2) is 59.7 Å². The third-order valence-corrected chi connectivity index (χ3v) is 4.29. The summed E-state index contributed by atoms with van der Waals surface area (Å²) in [6.07, 6.45) is 1.66. The Balaban J connectivity index is 1.69. The summed E-state index contributed by atoms with van der Waals surface area (Å²) in [5.74, 6) is -0.406. The predicted octanol–water partition coefficient (Wildman–Crippen LogP) is 2.97. The van der Waals surface area contributed by atoms with E-state index in [4.69, 9.17) is 0 Å². The molecule has 1 heterocycles. The van der Waals surface area contributed by atoms with E-state index in [1.165, 1.54) is 23.0 Å². The fourth-order valence-corrected chi connectivity index (χ4v) is 2.87. The van der Waals surface area contributed by atoms with Crippen molar-refractivity contribution in [3.05, 3.63) is 76.6 Å². The molecular weight excluding hydrogens is 333 g/mol. The summed E-state index contributed by atoms with van der Waals surface area (Å²) >= 11 is 0. The molecule has 6 heteroatoms. The van der Waals surface area contributed by atoms with Crippen LogP contribution in [-0.4, -0.2) is 26.9 Å². The van der Waals surface area contributed by atoms with Crippen LogP contribution >= 0.6 is 0 Å². The average Bonchev–Trinajstić information content (AvgIpc) is 2.65. The summed E-state index contributed by atoms with van der Waals surface area (Å²) < 4.78 is 14.8. The lowest BCUT2D eigenvalue weighted by Crippen LogP contribution is -2.32. The molecule has 134 valence electrons. The fraction of sp³-hybridized carbons (Fsp3) is 0.250. The summed E-state index contributed by atoms with van der Waals surface area (Å²) in [5.41, 5.74) is 1.22. The molecule has 3 aromatic rings. The number of carbonyl (C=O) groups excluding carboxylic acids is 1. The molecule has 0 spiro atoms. The highest BCUT2D eigenvalue weighted by atomic mass is 19.1. The number of fused-ring (bicyclic) bond motifs is 1. The minimum Gasteiger partial charge on any atom is -0.339 e. The minimum absolute atomic E-state index is 0.0863. The van der Waals surface area contributed by atoms with Crippen molar-refractivity contribution in [1.82, 2.24) is 14.5 Å². The Morgan fingerprint density at radius 1 is 1.19 bits per heavy atom. The summed E-state index contributed by atoms with van der Waals surface area (Å²) in [5, 5.41) is 0.537. The van der Waals surface area contributed by atoms with E-state index in [0.29, 0.717) is 24.0 Å². The van der Waals surface area contributed by atoms with Gasteiger partial charge in [-0.1, -0.05) is 24.3 Å². The van der Waals surface area contributed by atoms with E-state index in [1.807, 2.05) is 13.0 Å². The van der Waals surface area contributed by atoms with Crippen LogP contribution in [-0.2, 0) is 17.9 Å². The lowest BCUT2D eigenvalue weighted by Gasteiger charge is -2.21. The molecule has 26 heavy (non-hydrogen) atoms. The van der Waals surface area contributed by atoms with Gasteiger partial charge in [0.2, 0.25) is 5.91 Å². The lowest BCUT2D eigenvalue weighted by atomic mass is 10.2. The highest BCUT2D eigenvalue weighted by Gasteiger charge is 2.13. The van der Waals surface area contributed by atoms with E-state index in [0.717, 1.165) is 5.56 Å². The summed E-state index contributed by atoms with van der Waals surface area (Å²) in [6, 6.07) is 13.3. The van der Waals surface area contributed by atoms with Crippen LogP contribution in [0.1, 0.15) is 18.9 Å². The van der Waals surface area contributed by atoms with Gasteiger partial charge >= 0.3 is 0 Å². The smallest absolute Gasteiger partial charge is 0.261 e. The third-order valence-electron chi connectivity index (χ3n) is 4.29. The van der Waals surface area contributed by atoms with Gasteiger partial charge in [0.25, 0.3) is 5.56 Å². The van der Waals surface area contributed by atoms with Crippen molar-refractivity contribution in [1.29, 1.82) is 0 Å². The first kappa shape index (κ1) is 17.8. The van der Waals surface area contributed by atoms with Crippen molar-refractivity contribution < 1.29 is 9.18 Å². The highest BCUT2D eigenvalue weighted by molar-refractivity contribution is 5.77. The number of hydrogen-bond donors (Lipinski definition) is 0. The second-order valence-electron chi connectivity index (χ2n) is 6.05. The molecule has 0 saturated carbocycles. The molecule has 0 atom stereocenters. The van der Waals surface area contributed by atoms with Gasteiger partial charge in [0, 0.05) is 26.1 Å². The van der Waals surface area contributed by atoms with Crippen molar-refractivity contribution in [2.45, 2.75) is 26.4 Å². The molecule has 0 N–H and O–H groups in total. The Morgan fingerprint density at radius 3 is 2.77 bits per heavy atom. The number of nitrogens with zero attached hydrogens (tertiary/aromatic N) is 3. The van der Waals surface area contributed by atoms with Gasteiger partial charge in [-0.15, -0.1) is 0 Å². The monoisotopic (exact) mass is 353 g/mol. The molecule has 0 aliphatic rings. The molecule has 0 bridgehead atoms. The van der Waals surface area contributed by atoms with Crippen molar-refractivity contribution in [3.8, 4) is 0 Å². The highest BCUT2D eigenvalue weighted by Crippen LogP contribution is 2.09. The van der Waals surface area contributed by atoms with Gasteiger partial charge < -0.3 is 4.90 Å². The summed E-state index contributed by atoms with van der Waals surface area (Å²) in [4.78, 5) is 30.9. The standard InChI is InChI=1S/C20H20FN3O2/c1-2-23(13-15-6-5-7-16(21)12-15)19(25)10-11-24-14-22-18-9-4-3-8-17(18)20(24)26/h3-9,12,14H,2,10-11,13H2,1H3. The van der Waals surface area contributed by atoms with Crippen LogP contribution in [0.5, 0.6) is 0 Å². The molecular formula is C20H20FN3O2. The van der Waals surface area contributed by atoms with Crippen LogP contribution in [0.3, 0.4) is 0 Å². The molecule has 0 aliphatic carbocycles. The van der Waals surface area contributed by atoms with Crippen LogP contribution in [0.25, 0.3) is 10.9 Å². The molecule has 5 nitrogen and oxygen atoms in total. The van der Waals surface area contributed by atoms with E-state index in [-0.39, 0.29) is 30.2 Å². The number of aromatic nitrogens is 2. The van der Waals surface area contributed by atoms with Gasteiger partial charge in [-0.05, 0) is 36.8 Å². The zero-order valence-electron chi connectivity index (χ0n) is 14.6. The zero-order valence-corrected chi connectivity index (χ0v) is 14.6. The van der Waals surface area contributed by atoms with Gasteiger partial charge in [-0.2, -0.15) is 0 Å². The molecule has 1 aromatic heterocycles. The molecule has 2 aromatic carbocycles. The maximum absolute atomic E-state index is 13.3. The van der Waals surface area contributed by atoms with Gasteiger partial charge in [0.15, 0.2) is 0 Å². The predicted molar refractivity (Wildman–Crippen MR) is 98.1 cm³/mol. The quantitative estimate of drug-likeness (QED) is 0.685. The van der Waals surface area contributed by atoms with E-state index >= 15 is 0 Å². The Kier molecular flexibility index (Phi) is 5.41. The minimum atomic E-state index is -0.320. The first-order chi connectivity index (χ1) is 12.6. The second kappa shape index (κ2) is 7.91. The van der Waals surface area contributed by atoms with Crippen molar-refractivity contribution in [2.24, 2.45) is 0 Å². The van der Waals surface area contributed by atoms with E-state index in [2.05, 4.69) is 4.98 Å². The average molecular weight is 353 g/mol. The van der Waals surface area contributed by atoms with Gasteiger partial charge in [-0.25, -0.2) is 9.37 Å². The number of amides is 1. The molecule has 0 fully saturated rings. The van der Waals surface area contributed by atoms with Crippen LogP contribution in [0.4, 0.5) is 4.39 Å². The molecule has 0 aliphatic heterocycles. The lowest BCUT2D eigenvalue weighted by molar-refractivity contribution is -0.131. The van der Waals surface area contributed by atoms with Crippen molar-refractivity contribution >= 4 is 16.8 Å². The molecule has 1 amide bonds. The number of para-hydroxylation sites is 1. The molecule has 0 unspecified atom stereocenters. The Morgan fingerprint density at radius 2 is 2.00 bits per heavy atom. The van der Waals surface area contributed by atoms with Gasteiger partial charge in [0.1, 0.15) is 5.82 Å². The molecule has 0 radical (unpaired) electrons. The zero-order chi connectivity index (χ0) is 18.5. The fourth-order valence-electron chi connectivity index (χ4n) is 2.87. The molecule has 0 saturated heterocycles. The topological polar surface area (TPSA) is 55.2 Å². The Labute approximate surface area is 150 Å². The summed E-state index contributed by atoms with van der Waals surface area (Å²) in [6.45, 7) is 2.99. The van der Waals surface area contributed by atoms with Crippen LogP contribution in [0, 0.1) is 5.82 Å². The van der Waals surface area contributed by atoms with Crippen LogP contribution in [0.2, 0.25) is 0 Å². The van der Waals surface area contributed by atoms with E-state index in [1.54, 1.807) is 35.2 Å². The van der Waals surface area contributed by atoms with Crippen molar-refractivity contribution in [2.75, 3.05) is 6.54 Å². The van der Waals surface area contributed by atoms with Crippen LogP contribution < -0.4 is 5.56 Å². The number of carbonyl (C=O) groups is 1. The van der Waals surface area contributed by atoms with E-state index in [9.17, 15) is 14.0 Å². The van der Waals surface area contributed by atoms with Gasteiger partial charge in [-0.3, -0.25) is 14.2 Å². The van der Waals surface area contributed by atoms with Crippen molar-refractivity contribution in [3.63, 3.8) is 0 Å². The number of rotatable bonds is 6. The first-order valence-corrected chi connectivity index (χ1v) is 8.55. The number of halogens is 1. The SMILES string of the molecule is CCN(Cc1cccc(F)c1)C(=O)CCn1cnc2ccccc2c1=O. The van der Waals surface area contributed by atoms with Gasteiger partial charge in [0.05, 0.1) is 17.2 Å². The normalized spacial score (nSPS) is 10.8. The summed E-state index contributed by atoms with van der Waals surface area (Å²) in [7, 11) is 0. The number of hydrogen-bond acceptors (Lipinski definition) is 3. The number of aryl methyl sites for hydroxylation is 1. The maximum atomic E-state index is 13.3. The molecule has 3 rings (SSSR count). The maximum Gasteiger partial charge on any atom is 0.261 e. The second-order valence-corrected chi connectivity index (χ2v) is 6.05. The largest absolute Gasteiger partial charge is 0.339 e. The third kappa shape index (κ3) is 3.96. The van der Waals surface area contributed by atoms with E-state index < -0.39 is 0 Å². The number of benzene rings is 2. The Hall–Kier alpha value is -3.02. The first-order valence-electron chi connectivity index (χ1n) is 8.55. The Bertz CT molecular complexity index is 984.